The van der Waals surface area contributed by atoms with Gasteiger partial charge in [0.25, 0.3) is 0 Å². The van der Waals surface area contributed by atoms with Gasteiger partial charge in [0.15, 0.2) is 0 Å². The average molecular weight is 162 g/mol. The van der Waals surface area contributed by atoms with Gasteiger partial charge in [-0.2, -0.15) is 0 Å². The van der Waals surface area contributed by atoms with Gasteiger partial charge in [-0.05, 0) is 12.1 Å². The molecule has 0 saturated carbocycles. The van der Waals surface area contributed by atoms with Gasteiger partial charge in [-0.25, -0.2) is 0 Å². The zero-order chi connectivity index (χ0) is 8.97. The molecule has 0 radical (unpaired) electrons. The summed E-state index contributed by atoms with van der Waals surface area (Å²) in [7, 11) is 1.64. The lowest BCUT2D eigenvalue weighted by molar-refractivity contribution is 0.471. The molecule has 0 amide bonds. The van der Waals surface area contributed by atoms with Crippen LogP contribution in [0.25, 0.3) is 5.57 Å². The number of hydrogen-bond acceptors (Lipinski definition) is 3. The van der Waals surface area contributed by atoms with Crippen molar-refractivity contribution in [2.45, 2.75) is 0 Å². The third-order valence-corrected chi connectivity index (χ3v) is 1.38. The van der Waals surface area contributed by atoms with Crippen molar-refractivity contribution in [3.05, 3.63) is 30.6 Å². The van der Waals surface area contributed by atoms with Crippen LogP contribution in [0, 0.1) is 0 Å². The second kappa shape index (κ2) is 3.67. The van der Waals surface area contributed by atoms with E-state index in [9.17, 15) is 5.11 Å². The third-order valence-electron chi connectivity index (χ3n) is 1.38. The fraction of sp³-hybridized carbons (Fsp3) is 0.111. The molecule has 3 nitrogen and oxygen atoms in total. The first kappa shape index (κ1) is 8.46. The molecular formula is C9H10N2O. The van der Waals surface area contributed by atoms with E-state index in [0.717, 1.165) is 0 Å². The van der Waals surface area contributed by atoms with Gasteiger partial charge in [-0.3, -0.25) is 9.98 Å². The second-order valence-electron chi connectivity index (χ2n) is 2.28. The molecule has 0 aliphatic heterocycles. The summed E-state index contributed by atoms with van der Waals surface area (Å²) >= 11 is 0. The predicted octanol–water partition coefficient (Wildman–Crippen LogP) is 1.50. The third kappa shape index (κ3) is 1.69. The van der Waals surface area contributed by atoms with Crippen molar-refractivity contribution in [1.82, 2.24) is 4.98 Å². The van der Waals surface area contributed by atoms with E-state index in [1.807, 2.05) is 0 Å². The van der Waals surface area contributed by atoms with E-state index in [4.69, 9.17) is 0 Å². The highest BCUT2D eigenvalue weighted by Gasteiger charge is 2.02. The summed E-state index contributed by atoms with van der Waals surface area (Å²) in [4.78, 5) is 7.73. The molecule has 1 aromatic heterocycles. The Labute approximate surface area is 71.1 Å². The molecule has 0 spiro atoms. The van der Waals surface area contributed by atoms with Crippen LogP contribution in [-0.2, 0) is 0 Å². The van der Waals surface area contributed by atoms with E-state index in [2.05, 4.69) is 16.6 Å². The molecule has 0 aliphatic rings. The molecule has 0 saturated heterocycles. The number of aliphatic imine (C=N–C) groups is 1. The maximum absolute atomic E-state index is 9.32. The lowest BCUT2D eigenvalue weighted by Crippen LogP contribution is -1.88. The van der Waals surface area contributed by atoms with Crippen LogP contribution < -0.4 is 0 Å². The molecule has 62 valence electrons. The molecule has 1 N–H and O–H groups in total. The first-order valence-electron chi connectivity index (χ1n) is 3.51. The maximum atomic E-state index is 9.32. The molecule has 1 aromatic rings. The van der Waals surface area contributed by atoms with Crippen molar-refractivity contribution in [2.75, 3.05) is 7.05 Å². The Balaban J connectivity index is 3.03. The monoisotopic (exact) mass is 162 g/mol. The van der Waals surface area contributed by atoms with Gasteiger partial charge < -0.3 is 5.11 Å². The zero-order valence-electron chi connectivity index (χ0n) is 6.86. The summed E-state index contributed by atoms with van der Waals surface area (Å²) in [6.07, 6.45) is 3.16. The van der Waals surface area contributed by atoms with Gasteiger partial charge in [-0.1, -0.05) is 6.58 Å². The average Bonchev–Trinajstić information content (AvgIpc) is 2.05. The molecule has 1 rings (SSSR count). The van der Waals surface area contributed by atoms with Crippen LogP contribution in [0.4, 0.5) is 0 Å². The van der Waals surface area contributed by atoms with Crippen LogP contribution in [0.5, 0.6) is 5.75 Å². The number of nitrogens with zero attached hydrogens (tertiary/aromatic N) is 2. The van der Waals surface area contributed by atoms with Crippen molar-refractivity contribution < 1.29 is 5.11 Å². The van der Waals surface area contributed by atoms with E-state index in [-0.39, 0.29) is 5.75 Å². The fourth-order valence-corrected chi connectivity index (χ4v) is 0.861. The highest BCUT2D eigenvalue weighted by atomic mass is 16.3. The summed E-state index contributed by atoms with van der Waals surface area (Å²) in [5.41, 5.74) is 1.08. The van der Waals surface area contributed by atoms with Crippen LogP contribution in [0.2, 0.25) is 0 Å². The predicted molar refractivity (Wildman–Crippen MR) is 49.4 cm³/mol. The van der Waals surface area contributed by atoms with E-state index in [0.29, 0.717) is 11.3 Å². The standard InChI is InChI=1S/C9H10N2O/c1-7(6-10-2)9-8(12)4-3-5-11-9/h3-6,12H,1H2,2H3/b10-6-. The molecule has 0 unspecified atom stereocenters. The topological polar surface area (TPSA) is 45.5 Å². The molecule has 0 bridgehead atoms. The second-order valence-corrected chi connectivity index (χ2v) is 2.28. The van der Waals surface area contributed by atoms with Gasteiger partial charge >= 0.3 is 0 Å². The number of aromatic hydroxyl groups is 1. The van der Waals surface area contributed by atoms with Crippen molar-refractivity contribution in [3.63, 3.8) is 0 Å². The SMILES string of the molecule is C=C(/C=N\C)c1ncccc1O. The minimum absolute atomic E-state index is 0.127. The van der Waals surface area contributed by atoms with E-state index in [1.165, 1.54) is 0 Å². The van der Waals surface area contributed by atoms with Gasteiger partial charge in [-0.15, -0.1) is 0 Å². The molecule has 12 heavy (non-hydrogen) atoms. The molecule has 0 aliphatic carbocycles. The minimum Gasteiger partial charge on any atom is -0.506 e. The molecular weight excluding hydrogens is 152 g/mol. The van der Waals surface area contributed by atoms with Gasteiger partial charge in [0.1, 0.15) is 11.4 Å². The van der Waals surface area contributed by atoms with Crippen LogP contribution >= 0.6 is 0 Å². The summed E-state index contributed by atoms with van der Waals surface area (Å²) < 4.78 is 0. The quantitative estimate of drug-likeness (QED) is 0.670. The Morgan fingerprint density at radius 2 is 2.50 bits per heavy atom. The Kier molecular flexibility index (Phi) is 2.58. The summed E-state index contributed by atoms with van der Waals surface area (Å²) in [5, 5.41) is 9.32. The largest absolute Gasteiger partial charge is 0.506 e. The molecule has 0 aromatic carbocycles. The number of hydrogen-bond donors (Lipinski definition) is 1. The number of pyridine rings is 1. The van der Waals surface area contributed by atoms with Gasteiger partial charge in [0.05, 0.1) is 0 Å². The van der Waals surface area contributed by atoms with Crippen molar-refractivity contribution >= 4 is 11.8 Å². The van der Waals surface area contributed by atoms with Crippen LogP contribution in [0.1, 0.15) is 5.69 Å². The van der Waals surface area contributed by atoms with Crippen LogP contribution in [0.15, 0.2) is 29.9 Å². The van der Waals surface area contributed by atoms with Crippen molar-refractivity contribution in [2.24, 2.45) is 4.99 Å². The maximum Gasteiger partial charge on any atom is 0.141 e. The van der Waals surface area contributed by atoms with Crippen LogP contribution in [-0.4, -0.2) is 23.4 Å². The summed E-state index contributed by atoms with van der Waals surface area (Å²) in [6, 6.07) is 3.23. The first-order valence-corrected chi connectivity index (χ1v) is 3.51. The normalized spacial score (nSPS) is 10.4. The Bertz CT molecular complexity index is 318. The Hall–Kier alpha value is -1.64. The highest BCUT2D eigenvalue weighted by molar-refractivity contribution is 6.08. The molecule has 3 heteroatoms. The van der Waals surface area contributed by atoms with Gasteiger partial charge in [0, 0.05) is 25.0 Å². The zero-order valence-corrected chi connectivity index (χ0v) is 6.86. The highest BCUT2D eigenvalue weighted by Crippen LogP contribution is 2.18. The van der Waals surface area contributed by atoms with Crippen LogP contribution in [0.3, 0.4) is 0 Å². The molecule has 1 heterocycles. The van der Waals surface area contributed by atoms with Crippen molar-refractivity contribution in [1.29, 1.82) is 0 Å². The number of aromatic nitrogens is 1. The first-order chi connectivity index (χ1) is 5.75. The summed E-state index contributed by atoms with van der Waals surface area (Å²) in [5.74, 6) is 0.127. The number of allylic oxidation sites excluding steroid dienone is 1. The van der Waals surface area contributed by atoms with Gasteiger partial charge in [0.2, 0.25) is 0 Å². The number of rotatable bonds is 2. The molecule has 0 atom stereocenters. The smallest absolute Gasteiger partial charge is 0.141 e. The molecule has 0 fully saturated rings. The Morgan fingerprint density at radius 1 is 1.75 bits per heavy atom. The summed E-state index contributed by atoms with van der Waals surface area (Å²) in [6.45, 7) is 3.70. The van der Waals surface area contributed by atoms with E-state index < -0.39 is 0 Å². The lowest BCUT2D eigenvalue weighted by atomic mass is 10.2. The fourth-order valence-electron chi connectivity index (χ4n) is 0.861. The van der Waals surface area contributed by atoms with E-state index >= 15 is 0 Å². The Morgan fingerprint density at radius 3 is 3.08 bits per heavy atom. The lowest BCUT2D eigenvalue weighted by Gasteiger charge is -2.00. The van der Waals surface area contributed by atoms with E-state index in [1.54, 1.807) is 31.6 Å². The van der Waals surface area contributed by atoms with Crippen molar-refractivity contribution in [3.8, 4) is 5.75 Å². The minimum atomic E-state index is 0.127.